The standard InChI is InChI=1S/C17H17BrN2O/c1-13(15-5-7-16(18)8-6-15)20-12-14-3-2-4-17(11-14)21-10-9-19/h2-8,11,13,20H,10,12H2,1H3. The Labute approximate surface area is 133 Å². The summed E-state index contributed by atoms with van der Waals surface area (Å²) in [6.45, 7) is 2.96. The smallest absolute Gasteiger partial charge is 0.174 e. The topological polar surface area (TPSA) is 45.0 Å². The lowest BCUT2D eigenvalue weighted by Crippen LogP contribution is -2.18. The fourth-order valence-electron chi connectivity index (χ4n) is 2.00. The van der Waals surface area contributed by atoms with E-state index in [1.807, 2.05) is 42.5 Å². The molecular formula is C17H17BrN2O. The van der Waals surface area contributed by atoms with Gasteiger partial charge in [0.25, 0.3) is 0 Å². The third-order valence-corrected chi connectivity index (χ3v) is 3.71. The van der Waals surface area contributed by atoms with Gasteiger partial charge in [0.15, 0.2) is 6.61 Å². The lowest BCUT2D eigenvalue weighted by molar-refractivity contribution is 0.367. The van der Waals surface area contributed by atoms with Crippen LogP contribution in [0.15, 0.2) is 53.0 Å². The minimum atomic E-state index is 0.0756. The van der Waals surface area contributed by atoms with Gasteiger partial charge in [-0.05, 0) is 42.3 Å². The van der Waals surface area contributed by atoms with Crippen LogP contribution in [0.1, 0.15) is 24.1 Å². The molecule has 4 heteroatoms. The van der Waals surface area contributed by atoms with E-state index in [0.717, 1.165) is 22.3 Å². The van der Waals surface area contributed by atoms with Crippen LogP contribution in [0, 0.1) is 11.3 Å². The molecule has 0 saturated heterocycles. The molecule has 0 fully saturated rings. The van der Waals surface area contributed by atoms with Crippen LogP contribution in [0.25, 0.3) is 0 Å². The summed E-state index contributed by atoms with van der Waals surface area (Å²) in [7, 11) is 0. The Hall–Kier alpha value is -1.83. The maximum atomic E-state index is 8.53. The molecular weight excluding hydrogens is 328 g/mol. The van der Waals surface area contributed by atoms with Gasteiger partial charge >= 0.3 is 0 Å². The van der Waals surface area contributed by atoms with Crippen LogP contribution in [-0.4, -0.2) is 6.61 Å². The Balaban J connectivity index is 1.93. The first-order chi connectivity index (χ1) is 10.2. The minimum absolute atomic E-state index is 0.0756. The quantitative estimate of drug-likeness (QED) is 0.853. The normalized spacial score (nSPS) is 11.7. The summed E-state index contributed by atoms with van der Waals surface area (Å²) in [5.74, 6) is 0.729. The SMILES string of the molecule is CC(NCc1cccc(OCC#N)c1)c1ccc(Br)cc1. The molecule has 1 N–H and O–H groups in total. The predicted molar refractivity (Wildman–Crippen MR) is 86.9 cm³/mol. The van der Waals surface area contributed by atoms with Crippen LogP contribution >= 0.6 is 15.9 Å². The average Bonchev–Trinajstić information content (AvgIpc) is 2.52. The van der Waals surface area contributed by atoms with Crippen LogP contribution in [0.4, 0.5) is 0 Å². The summed E-state index contributed by atoms with van der Waals surface area (Å²) in [5, 5.41) is 12.0. The van der Waals surface area contributed by atoms with Crippen LogP contribution in [-0.2, 0) is 6.54 Å². The van der Waals surface area contributed by atoms with Crippen molar-refractivity contribution in [2.75, 3.05) is 6.61 Å². The summed E-state index contributed by atoms with van der Waals surface area (Å²) < 4.78 is 6.39. The van der Waals surface area contributed by atoms with Gasteiger partial charge in [0.2, 0.25) is 0 Å². The molecule has 0 aliphatic rings. The number of rotatable bonds is 6. The van der Waals surface area contributed by atoms with Crippen LogP contribution in [0.2, 0.25) is 0 Å². The molecule has 2 rings (SSSR count). The molecule has 0 aromatic heterocycles. The number of hydrogen-bond donors (Lipinski definition) is 1. The Morgan fingerprint density at radius 2 is 2.00 bits per heavy atom. The molecule has 2 aromatic carbocycles. The number of nitriles is 1. The lowest BCUT2D eigenvalue weighted by Gasteiger charge is -2.15. The third kappa shape index (κ3) is 4.89. The second kappa shape index (κ2) is 7.82. The molecule has 0 bridgehead atoms. The molecule has 21 heavy (non-hydrogen) atoms. The molecule has 0 spiro atoms. The summed E-state index contributed by atoms with van der Waals surface area (Å²) in [6, 6.07) is 18.3. The first kappa shape index (κ1) is 15.6. The third-order valence-electron chi connectivity index (χ3n) is 3.18. The highest BCUT2D eigenvalue weighted by Crippen LogP contribution is 2.18. The van der Waals surface area contributed by atoms with Gasteiger partial charge in [-0.1, -0.05) is 40.2 Å². The Morgan fingerprint density at radius 3 is 2.71 bits per heavy atom. The first-order valence-corrected chi connectivity index (χ1v) is 7.56. The molecule has 0 aliphatic heterocycles. The number of hydrogen-bond acceptors (Lipinski definition) is 3. The lowest BCUT2D eigenvalue weighted by atomic mass is 10.1. The van der Waals surface area contributed by atoms with Gasteiger partial charge in [0, 0.05) is 17.1 Å². The van der Waals surface area contributed by atoms with Crippen molar-refractivity contribution in [3.05, 3.63) is 64.1 Å². The van der Waals surface area contributed by atoms with Crippen molar-refractivity contribution in [2.45, 2.75) is 19.5 Å². The molecule has 1 unspecified atom stereocenters. The zero-order valence-electron chi connectivity index (χ0n) is 11.8. The minimum Gasteiger partial charge on any atom is -0.479 e. The maximum absolute atomic E-state index is 8.53. The van der Waals surface area contributed by atoms with Crippen LogP contribution < -0.4 is 10.1 Å². The van der Waals surface area contributed by atoms with Crippen molar-refractivity contribution in [2.24, 2.45) is 0 Å². The number of nitrogens with one attached hydrogen (secondary N) is 1. The molecule has 0 radical (unpaired) electrons. The molecule has 1 atom stereocenters. The highest BCUT2D eigenvalue weighted by molar-refractivity contribution is 9.10. The van der Waals surface area contributed by atoms with E-state index in [4.69, 9.17) is 10.00 Å². The van der Waals surface area contributed by atoms with Gasteiger partial charge in [0.1, 0.15) is 11.8 Å². The van der Waals surface area contributed by atoms with Gasteiger partial charge in [-0.25, -0.2) is 0 Å². The van der Waals surface area contributed by atoms with Crippen molar-refractivity contribution in [1.82, 2.24) is 5.32 Å². The molecule has 2 aromatic rings. The molecule has 0 saturated carbocycles. The van der Waals surface area contributed by atoms with E-state index >= 15 is 0 Å². The van der Waals surface area contributed by atoms with Crippen molar-refractivity contribution in [1.29, 1.82) is 5.26 Å². The van der Waals surface area contributed by atoms with Crippen LogP contribution in [0.3, 0.4) is 0 Å². The summed E-state index contributed by atoms with van der Waals surface area (Å²) in [4.78, 5) is 0. The largest absolute Gasteiger partial charge is 0.479 e. The molecule has 0 aliphatic carbocycles. The second-order valence-corrected chi connectivity index (χ2v) is 5.66. The summed E-state index contributed by atoms with van der Waals surface area (Å²) in [6.07, 6.45) is 0. The van der Waals surface area contributed by atoms with Gasteiger partial charge in [-0.15, -0.1) is 0 Å². The Bertz CT molecular complexity index is 619. The van der Waals surface area contributed by atoms with Crippen molar-refractivity contribution < 1.29 is 4.74 Å². The first-order valence-electron chi connectivity index (χ1n) is 6.76. The number of benzene rings is 2. The highest BCUT2D eigenvalue weighted by atomic mass is 79.9. The fourth-order valence-corrected chi connectivity index (χ4v) is 2.27. The van der Waals surface area contributed by atoms with E-state index in [1.165, 1.54) is 5.56 Å². The van der Waals surface area contributed by atoms with Gasteiger partial charge in [0.05, 0.1) is 0 Å². The summed E-state index contributed by atoms with van der Waals surface area (Å²) >= 11 is 3.44. The average molecular weight is 345 g/mol. The van der Waals surface area contributed by atoms with Gasteiger partial charge < -0.3 is 10.1 Å². The fraction of sp³-hybridized carbons (Fsp3) is 0.235. The number of nitrogens with zero attached hydrogens (tertiary/aromatic N) is 1. The van der Waals surface area contributed by atoms with Gasteiger partial charge in [-0.2, -0.15) is 5.26 Å². The van der Waals surface area contributed by atoms with Crippen molar-refractivity contribution >= 4 is 15.9 Å². The van der Waals surface area contributed by atoms with Gasteiger partial charge in [-0.3, -0.25) is 0 Å². The van der Waals surface area contributed by atoms with E-state index in [0.29, 0.717) is 0 Å². The molecule has 108 valence electrons. The Morgan fingerprint density at radius 1 is 1.24 bits per heavy atom. The van der Waals surface area contributed by atoms with E-state index in [9.17, 15) is 0 Å². The van der Waals surface area contributed by atoms with Crippen molar-refractivity contribution in [3.8, 4) is 11.8 Å². The van der Waals surface area contributed by atoms with E-state index < -0.39 is 0 Å². The Kier molecular flexibility index (Phi) is 5.79. The number of halogens is 1. The zero-order chi connectivity index (χ0) is 15.1. The molecule has 3 nitrogen and oxygen atoms in total. The predicted octanol–water partition coefficient (Wildman–Crippen LogP) is 4.20. The van der Waals surface area contributed by atoms with E-state index in [-0.39, 0.29) is 12.6 Å². The van der Waals surface area contributed by atoms with Crippen molar-refractivity contribution in [3.63, 3.8) is 0 Å². The molecule has 0 heterocycles. The van der Waals surface area contributed by atoms with Crippen LogP contribution in [0.5, 0.6) is 5.75 Å². The second-order valence-electron chi connectivity index (χ2n) is 4.75. The number of ether oxygens (including phenoxy) is 1. The molecule has 0 amide bonds. The maximum Gasteiger partial charge on any atom is 0.174 e. The summed E-state index contributed by atoms with van der Waals surface area (Å²) in [5.41, 5.74) is 2.38. The van der Waals surface area contributed by atoms with E-state index in [1.54, 1.807) is 0 Å². The highest BCUT2D eigenvalue weighted by Gasteiger charge is 2.05. The monoisotopic (exact) mass is 344 g/mol. The zero-order valence-corrected chi connectivity index (χ0v) is 13.4. The van der Waals surface area contributed by atoms with E-state index in [2.05, 4.69) is 40.3 Å².